The van der Waals surface area contributed by atoms with Gasteiger partial charge in [0.1, 0.15) is 5.03 Å². The van der Waals surface area contributed by atoms with Gasteiger partial charge in [-0.2, -0.15) is 0 Å². The second-order valence-corrected chi connectivity index (χ2v) is 12.0. The molecule has 0 saturated carbocycles. The van der Waals surface area contributed by atoms with E-state index < -0.39 is 5.97 Å². The van der Waals surface area contributed by atoms with Crippen LogP contribution in [0.4, 0.5) is 0 Å². The average Bonchev–Trinajstić information content (AvgIpc) is 3.01. The van der Waals surface area contributed by atoms with Crippen LogP contribution in [0.2, 0.25) is 0 Å². The second kappa shape index (κ2) is 11.4. The molecule has 1 aliphatic rings. The number of pyridine rings is 1. The molecule has 0 bridgehead atoms. The number of hydrogen-bond acceptors (Lipinski definition) is 6. The number of carbonyl (C=O) groups is 2. The summed E-state index contributed by atoms with van der Waals surface area (Å²) in [7, 11) is 15.2. The molecule has 158 valence electrons. The van der Waals surface area contributed by atoms with Crippen molar-refractivity contribution in [2.45, 2.75) is 30.0 Å². The highest BCUT2D eigenvalue weighted by Crippen LogP contribution is 2.30. The fourth-order valence-corrected chi connectivity index (χ4v) is 5.82. The van der Waals surface area contributed by atoms with E-state index >= 15 is 0 Å². The van der Waals surface area contributed by atoms with E-state index in [-0.39, 0.29) is 12.1 Å². The van der Waals surface area contributed by atoms with Crippen molar-refractivity contribution in [1.29, 1.82) is 0 Å². The number of carboxylic acid groups (broad SMARTS) is 1. The lowest BCUT2D eigenvalue weighted by atomic mass is 10.2. The minimum Gasteiger partial charge on any atom is -0.477 e. The molecule has 0 amide bonds. The molecular weight excluding hydrogens is 414 g/mol. The Morgan fingerprint density at radius 2 is 1.96 bits per heavy atom. The molecule has 1 aromatic heterocycles. The summed E-state index contributed by atoms with van der Waals surface area (Å²) in [5, 5.41) is 10.5. The lowest BCUT2D eigenvalue weighted by molar-refractivity contribution is -0.887. The predicted molar refractivity (Wildman–Crippen MR) is 121 cm³/mol. The number of rotatable bonds is 8. The lowest BCUT2D eigenvalue weighted by Crippen LogP contribution is -2.50. The number of carbonyl (C=O) groups excluding carboxylic acids is 1. The molecule has 2 unspecified atom stereocenters. The predicted octanol–water partition coefficient (Wildman–Crippen LogP) is 3.10. The Labute approximate surface area is 181 Å². The van der Waals surface area contributed by atoms with Crippen LogP contribution in [0.3, 0.4) is 0 Å². The first kappa shape index (κ1) is 25.3. The van der Waals surface area contributed by atoms with Gasteiger partial charge in [0.15, 0.2) is 12.1 Å². The zero-order chi connectivity index (χ0) is 21.4. The van der Waals surface area contributed by atoms with Crippen LogP contribution in [0.25, 0.3) is 0 Å². The molecule has 0 radical (unpaired) electrons. The summed E-state index contributed by atoms with van der Waals surface area (Å²) in [5.41, 5.74) is 0. The van der Waals surface area contributed by atoms with Crippen LogP contribution in [0, 0.1) is 0 Å². The van der Waals surface area contributed by atoms with Crippen molar-refractivity contribution in [3.05, 3.63) is 24.4 Å². The minimum absolute atomic E-state index is 0.241. The summed E-state index contributed by atoms with van der Waals surface area (Å²) in [6.07, 6.45) is 3.46. The molecule has 1 aliphatic heterocycles. The van der Waals surface area contributed by atoms with Gasteiger partial charge in [0.25, 0.3) is 0 Å². The van der Waals surface area contributed by atoms with Gasteiger partial charge in [0, 0.05) is 30.5 Å². The Balaban J connectivity index is 0.000000330. The Morgan fingerprint density at radius 1 is 1.29 bits per heavy atom. The third-order valence-electron chi connectivity index (χ3n) is 4.32. The van der Waals surface area contributed by atoms with Gasteiger partial charge in [0.05, 0.1) is 42.3 Å². The third kappa shape index (κ3) is 9.17. The Hall–Kier alpha value is -0.740. The summed E-state index contributed by atoms with van der Waals surface area (Å²) in [5.74, 6) is 1.08. The van der Waals surface area contributed by atoms with Crippen molar-refractivity contribution in [2.24, 2.45) is 0 Å². The molecule has 2 heterocycles. The standard InChI is InChI=1S/C12H18N2O2S2.C7H14NOS/c1-14(2,3)10(12(15)16)7-9-17-18-11-6-4-5-8-13-11;1-8(2,3)6-4-5-10-7(6)9/h4-6,8,10H,7,9H2,1-3H3;6H,4-5H2,1-3H3/q;+1/p+1. The summed E-state index contributed by atoms with van der Waals surface area (Å²) in [6, 6.07) is 5.66. The van der Waals surface area contributed by atoms with Crippen LogP contribution in [0.5, 0.6) is 0 Å². The van der Waals surface area contributed by atoms with Crippen molar-refractivity contribution in [3.8, 4) is 0 Å². The van der Waals surface area contributed by atoms with Crippen molar-refractivity contribution in [1.82, 2.24) is 4.98 Å². The second-order valence-electron chi connectivity index (χ2n) is 8.42. The molecular formula is C19H33N3O3S3+2. The number of quaternary nitrogens is 2. The molecule has 2 rings (SSSR count). The molecule has 1 saturated heterocycles. The lowest BCUT2D eigenvalue weighted by Gasteiger charge is -2.30. The molecule has 6 nitrogen and oxygen atoms in total. The van der Waals surface area contributed by atoms with Gasteiger partial charge in [-0.15, -0.1) is 0 Å². The molecule has 0 aromatic carbocycles. The van der Waals surface area contributed by atoms with E-state index in [0.29, 0.717) is 16.0 Å². The number of nitrogens with zero attached hydrogens (tertiary/aromatic N) is 3. The van der Waals surface area contributed by atoms with Gasteiger partial charge in [-0.1, -0.05) is 28.6 Å². The topological polar surface area (TPSA) is 67.3 Å². The molecule has 0 aliphatic carbocycles. The first-order chi connectivity index (χ1) is 12.9. The summed E-state index contributed by atoms with van der Waals surface area (Å²) >= 11 is 1.48. The molecule has 2 atom stereocenters. The van der Waals surface area contributed by atoms with E-state index in [1.807, 2.05) is 39.3 Å². The smallest absolute Gasteiger partial charge is 0.362 e. The van der Waals surface area contributed by atoms with Crippen LogP contribution >= 0.6 is 33.3 Å². The molecule has 1 fully saturated rings. The summed E-state index contributed by atoms with van der Waals surface area (Å²) < 4.78 is 1.23. The van der Waals surface area contributed by atoms with Crippen molar-refractivity contribution in [3.63, 3.8) is 0 Å². The number of likely N-dealkylation sites (N-methyl/N-ethyl adjacent to an activating group) is 2. The molecule has 9 heteroatoms. The summed E-state index contributed by atoms with van der Waals surface area (Å²) in [6.45, 7) is 0. The number of aromatic nitrogens is 1. The largest absolute Gasteiger partial charge is 0.477 e. The quantitative estimate of drug-likeness (QED) is 0.373. The van der Waals surface area contributed by atoms with E-state index in [9.17, 15) is 14.7 Å². The van der Waals surface area contributed by atoms with Gasteiger partial charge in [-0.05, 0) is 22.9 Å². The normalized spacial score (nSPS) is 18.4. The van der Waals surface area contributed by atoms with E-state index in [4.69, 9.17) is 0 Å². The average molecular weight is 448 g/mol. The Morgan fingerprint density at radius 3 is 2.36 bits per heavy atom. The number of thioether (sulfide) groups is 1. The first-order valence-corrected chi connectivity index (χ1v) is 12.5. The van der Waals surface area contributed by atoms with E-state index in [2.05, 4.69) is 26.1 Å². The van der Waals surface area contributed by atoms with Crippen LogP contribution in [-0.2, 0) is 9.59 Å². The zero-order valence-corrected chi connectivity index (χ0v) is 20.1. The number of aliphatic carboxylic acids is 1. The Bertz CT molecular complexity index is 631. The van der Waals surface area contributed by atoms with Crippen LogP contribution in [-0.4, -0.2) is 96.0 Å². The Kier molecular flexibility index (Phi) is 10.3. The third-order valence-corrected chi connectivity index (χ3v) is 7.61. The fraction of sp³-hybridized carbons (Fsp3) is 0.632. The van der Waals surface area contributed by atoms with Gasteiger partial charge < -0.3 is 14.1 Å². The maximum Gasteiger partial charge on any atom is 0.362 e. The van der Waals surface area contributed by atoms with Gasteiger partial charge >= 0.3 is 5.97 Å². The number of carboxylic acids is 1. The summed E-state index contributed by atoms with van der Waals surface area (Å²) in [4.78, 5) is 26.5. The number of hydrogen-bond donors (Lipinski definition) is 1. The van der Waals surface area contributed by atoms with E-state index in [0.717, 1.165) is 27.4 Å². The van der Waals surface area contributed by atoms with Crippen LogP contribution < -0.4 is 0 Å². The van der Waals surface area contributed by atoms with Crippen LogP contribution in [0.1, 0.15) is 12.8 Å². The van der Waals surface area contributed by atoms with Crippen molar-refractivity contribution in [2.75, 3.05) is 53.8 Å². The SMILES string of the molecule is C[N+](C)(C)C(CCSSc1ccccn1)C(=O)O.C[N+](C)(C)C1CCSC1=O. The highest BCUT2D eigenvalue weighted by atomic mass is 33.1. The maximum atomic E-state index is 11.2. The van der Waals surface area contributed by atoms with Crippen molar-refractivity contribution < 1.29 is 23.7 Å². The van der Waals surface area contributed by atoms with Gasteiger partial charge in [-0.25, -0.2) is 9.78 Å². The highest BCUT2D eigenvalue weighted by Gasteiger charge is 2.36. The van der Waals surface area contributed by atoms with Crippen molar-refractivity contribution >= 4 is 44.4 Å². The fourth-order valence-electron chi connectivity index (χ4n) is 2.69. The molecule has 1 N–H and O–H groups in total. The van der Waals surface area contributed by atoms with Gasteiger partial charge in [0.2, 0.25) is 5.12 Å². The first-order valence-electron chi connectivity index (χ1n) is 9.15. The van der Waals surface area contributed by atoms with Gasteiger partial charge in [-0.3, -0.25) is 4.79 Å². The molecule has 0 spiro atoms. The monoisotopic (exact) mass is 447 g/mol. The molecule has 28 heavy (non-hydrogen) atoms. The highest BCUT2D eigenvalue weighted by molar-refractivity contribution is 8.76. The van der Waals surface area contributed by atoms with E-state index in [1.165, 1.54) is 11.8 Å². The maximum absolute atomic E-state index is 11.2. The minimum atomic E-state index is -0.731. The van der Waals surface area contributed by atoms with E-state index in [1.54, 1.807) is 27.8 Å². The van der Waals surface area contributed by atoms with Crippen LogP contribution in [0.15, 0.2) is 29.4 Å². The zero-order valence-electron chi connectivity index (χ0n) is 17.6. The molecule has 1 aromatic rings.